The minimum atomic E-state index is -1.13. The number of rotatable bonds is 5. The molecular weight excluding hydrogens is 156 g/mol. The predicted molar refractivity (Wildman–Crippen MR) is 34.1 cm³/mol. The summed E-state index contributed by atoms with van der Waals surface area (Å²) in [7, 11) is 0. The van der Waals surface area contributed by atoms with E-state index in [4.69, 9.17) is 0 Å². The number of hydrazine groups is 3. The molecule has 0 aromatic carbocycles. The summed E-state index contributed by atoms with van der Waals surface area (Å²) in [4.78, 5) is 19.7. The van der Waals surface area contributed by atoms with E-state index in [1.165, 1.54) is 0 Å². The molecule has 0 aromatic heterocycles. The number of nitrogens with zero attached hydrogens (tertiary/aromatic N) is 3. The first-order valence-corrected chi connectivity index (χ1v) is 2.91. The van der Waals surface area contributed by atoms with Gasteiger partial charge >= 0.3 is 0 Å². The third-order valence-corrected chi connectivity index (χ3v) is 0.813. The van der Waals surface area contributed by atoms with Gasteiger partial charge in [0, 0.05) is 6.54 Å². The lowest BCUT2D eigenvalue weighted by atomic mass is 10.5. The maximum absolute atomic E-state index is 9.87. The quantitative estimate of drug-likeness (QED) is 0.437. The second-order valence-corrected chi connectivity index (χ2v) is 1.67. The molecule has 0 amide bonds. The summed E-state index contributed by atoms with van der Waals surface area (Å²) in [5, 5.41) is 17.2. The van der Waals surface area contributed by atoms with E-state index in [-0.39, 0.29) is 11.8 Å². The predicted octanol–water partition coefficient (Wildman–Crippen LogP) is -0.414. The maximum atomic E-state index is 9.87. The Morgan fingerprint density at radius 3 is 2.09 bits per heavy atom. The van der Waals surface area contributed by atoms with Gasteiger partial charge in [0.15, 0.2) is 0 Å². The van der Waals surface area contributed by atoms with Gasteiger partial charge in [0.05, 0.1) is 0 Å². The van der Waals surface area contributed by atoms with E-state index in [0.29, 0.717) is 6.42 Å². The van der Waals surface area contributed by atoms with Crippen LogP contribution >= 0.6 is 0 Å². The Balaban J connectivity index is 3.90. The van der Waals surface area contributed by atoms with Crippen LogP contribution < -0.4 is 5.43 Å². The van der Waals surface area contributed by atoms with Crippen LogP contribution in [0.25, 0.3) is 0 Å². The van der Waals surface area contributed by atoms with Gasteiger partial charge in [0.25, 0.3) is 5.23 Å². The van der Waals surface area contributed by atoms with Crippen LogP contribution in [0.15, 0.2) is 0 Å². The van der Waals surface area contributed by atoms with E-state index in [1.807, 2.05) is 5.43 Å². The van der Waals surface area contributed by atoms with E-state index >= 15 is 0 Å². The number of nitrogens with one attached hydrogen (secondary N) is 1. The third-order valence-electron chi connectivity index (χ3n) is 0.813. The summed E-state index contributed by atoms with van der Waals surface area (Å²) in [6.07, 6.45) is 0.582. The van der Waals surface area contributed by atoms with Gasteiger partial charge < -0.3 is 0 Å². The van der Waals surface area contributed by atoms with Crippen LogP contribution in [0.3, 0.4) is 0 Å². The van der Waals surface area contributed by atoms with Crippen molar-refractivity contribution in [2.45, 2.75) is 13.3 Å². The Morgan fingerprint density at radius 1 is 1.36 bits per heavy atom. The first-order chi connectivity index (χ1) is 5.09. The van der Waals surface area contributed by atoms with Crippen molar-refractivity contribution >= 4 is 0 Å². The average Bonchev–Trinajstić information content (AvgIpc) is 1.87. The highest BCUT2D eigenvalue weighted by atomic mass is 16.8. The lowest BCUT2D eigenvalue weighted by Gasteiger charge is -2.01. The monoisotopic (exact) mass is 164 g/mol. The highest BCUT2D eigenvalue weighted by Crippen LogP contribution is 1.82. The van der Waals surface area contributed by atoms with E-state index in [1.54, 1.807) is 6.92 Å². The van der Waals surface area contributed by atoms with Crippen molar-refractivity contribution in [1.82, 2.24) is 10.7 Å². The van der Waals surface area contributed by atoms with Crippen LogP contribution in [-0.2, 0) is 0 Å². The van der Waals surface area contributed by atoms with Crippen LogP contribution in [0.4, 0.5) is 0 Å². The first kappa shape index (κ1) is 9.56. The zero-order valence-electron chi connectivity index (χ0n) is 5.89. The lowest BCUT2D eigenvalue weighted by Crippen LogP contribution is -2.46. The molecule has 0 radical (unpaired) electrons. The van der Waals surface area contributed by atoms with Crippen molar-refractivity contribution in [1.29, 1.82) is 0 Å². The highest BCUT2D eigenvalue weighted by Gasteiger charge is 2.25. The van der Waals surface area contributed by atoms with Gasteiger partial charge in [-0.05, 0) is 6.42 Å². The number of nitro groups is 2. The molecule has 0 atom stereocenters. The van der Waals surface area contributed by atoms with E-state index in [0.717, 1.165) is 0 Å². The Morgan fingerprint density at radius 2 is 1.82 bits per heavy atom. The normalized spacial score (nSPS) is 9.18. The molecule has 0 fully saturated rings. The minimum Gasteiger partial charge on any atom is -0.229 e. The molecule has 0 rings (SSSR count). The van der Waals surface area contributed by atoms with Crippen LogP contribution in [0.2, 0.25) is 0 Å². The second kappa shape index (κ2) is 4.39. The van der Waals surface area contributed by atoms with E-state index in [9.17, 15) is 20.2 Å². The van der Waals surface area contributed by atoms with Crippen molar-refractivity contribution in [2.75, 3.05) is 6.54 Å². The van der Waals surface area contributed by atoms with Gasteiger partial charge in [-0.25, -0.2) is 20.2 Å². The molecule has 0 aliphatic carbocycles. The van der Waals surface area contributed by atoms with Gasteiger partial charge in [0.2, 0.25) is 10.1 Å². The molecule has 8 nitrogen and oxygen atoms in total. The molecule has 0 aliphatic rings. The lowest BCUT2D eigenvalue weighted by molar-refractivity contribution is -0.921. The summed E-state index contributed by atoms with van der Waals surface area (Å²) in [6.45, 7) is 1.94. The molecule has 0 unspecified atom stereocenters. The van der Waals surface area contributed by atoms with Crippen LogP contribution in [-0.4, -0.2) is 21.8 Å². The smallest absolute Gasteiger partial charge is 0.229 e. The highest BCUT2D eigenvalue weighted by molar-refractivity contribution is 4.27. The summed E-state index contributed by atoms with van der Waals surface area (Å²) >= 11 is 0. The Labute approximate surface area is 62.0 Å². The van der Waals surface area contributed by atoms with E-state index < -0.39 is 10.1 Å². The third kappa shape index (κ3) is 3.30. The van der Waals surface area contributed by atoms with E-state index in [2.05, 4.69) is 0 Å². The molecule has 0 saturated carbocycles. The average molecular weight is 164 g/mol. The molecule has 0 heterocycles. The first-order valence-electron chi connectivity index (χ1n) is 2.91. The summed E-state index contributed by atoms with van der Waals surface area (Å²) in [5.41, 5.74) is 2.00. The molecule has 0 spiro atoms. The van der Waals surface area contributed by atoms with Gasteiger partial charge in [-0.3, -0.25) is 0 Å². The largest absolute Gasteiger partial charge is 0.254 e. The van der Waals surface area contributed by atoms with Crippen LogP contribution in [0, 0.1) is 20.2 Å². The van der Waals surface area contributed by atoms with Gasteiger partial charge in [-0.1, -0.05) is 6.92 Å². The SMILES string of the molecule is CCCNN([N+](=O)[O-])[N+](=O)[O-]. The second-order valence-electron chi connectivity index (χ2n) is 1.67. The zero-order valence-corrected chi connectivity index (χ0v) is 5.89. The molecular formula is C3H8N4O4. The fourth-order valence-electron chi connectivity index (χ4n) is 0.387. The summed E-state index contributed by atoms with van der Waals surface area (Å²) < 4.78 is 0. The Bertz CT molecular complexity index is 145. The molecule has 8 heteroatoms. The topological polar surface area (TPSA) is 102 Å². The standard InChI is InChI=1S/C3H8N4O4/c1-2-3-4-5(6(8)9)7(10)11/h4H,2-3H2,1H3. The van der Waals surface area contributed by atoms with Gasteiger partial charge in [-0.2, -0.15) is 0 Å². The van der Waals surface area contributed by atoms with Crippen molar-refractivity contribution in [3.05, 3.63) is 20.2 Å². The molecule has 64 valence electrons. The Hall–Kier alpha value is -1.44. The maximum Gasteiger partial charge on any atom is 0.254 e. The van der Waals surface area contributed by atoms with Gasteiger partial charge in [-0.15, -0.1) is 5.43 Å². The van der Waals surface area contributed by atoms with Crippen molar-refractivity contribution < 1.29 is 10.1 Å². The summed E-state index contributed by atoms with van der Waals surface area (Å²) in [6, 6.07) is 0. The minimum absolute atomic E-state index is 0.196. The van der Waals surface area contributed by atoms with Crippen molar-refractivity contribution in [3.8, 4) is 0 Å². The molecule has 0 aliphatic heterocycles. The fraction of sp³-hybridized carbons (Fsp3) is 1.00. The van der Waals surface area contributed by atoms with Gasteiger partial charge in [0.1, 0.15) is 0 Å². The molecule has 0 aromatic rings. The molecule has 1 N–H and O–H groups in total. The number of hydrogen-bond acceptors (Lipinski definition) is 5. The molecule has 0 saturated heterocycles. The zero-order chi connectivity index (χ0) is 8.85. The van der Waals surface area contributed by atoms with Crippen LogP contribution in [0.1, 0.15) is 13.3 Å². The molecule has 11 heavy (non-hydrogen) atoms. The van der Waals surface area contributed by atoms with Crippen molar-refractivity contribution in [3.63, 3.8) is 0 Å². The fourth-order valence-corrected chi connectivity index (χ4v) is 0.387. The van der Waals surface area contributed by atoms with Crippen molar-refractivity contribution in [2.24, 2.45) is 0 Å². The van der Waals surface area contributed by atoms with Crippen LogP contribution in [0.5, 0.6) is 0 Å². The molecule has 0 bridgehead atoms. The Kier molecular flexibility index (Phi) is 3.81. The number of hydrogen-bond donors (Lipinski definition) is 1. The summed E-state index contributed by atoms with van der Waals surface area (Å²) in [5.74, 6) is 0.